The predicted molar refractivity (Wildman–Crippen MR) is 79.7 cm³/mol. The number of hydrogen-bond donors (Lipinski definition) is 1. The molecular weight excluding hydrogens is 252 g/mol. The van der Waals surface area contributed by atoms with Crippen LogP contribution in [0.3, 0.4) is 0 Å². The van der Waals surface area contributed by atoms with E-state index in [9.17, 15) is 4.79 Å². The van der Waals surface area contributed by atoms with E-state index < -0.39 is 0 Å². The molecule has 0 saturated heterocycles. The van der Waals surface area contributed by atoms with Gasteiger partial charge in [-0.05, 0) is 37.9 Å². The molecule has 1 fully saturated rings. The van der Waals surface area contributed by atoms with Crippen molar-refractivity contribution >= 4 is 6.09 Å². The van der Waals surface area contributed by atoms with Crippen LogP contribution >= 0.6 is 0 Å². The molecule has 4 heteroatoms. The Kier molecular flexibility index (Phi) is 5.87. The quantitative estimate of drug-likeness (QED) is 0.898. The molecule has 0 atom stereocenters. The van der Waals surface area contributed by atoms with Crippen molar-refractivity contribution in [1.82, 2.24) is 4.90 Å². The molecule has 2 rings (SSSR count). The number of carbonyl (C=O) groups is 1. The lowest BCUT2D eigenvalue weighted by Crippen LogP contribution is -2.44. The van der Waals surface area contributed by atoms with Crippen molar-refractivity contribution in [3.8, 4) is 5.75 Å². The molecule has 0 radical (unpaired) electrons. The van der Waals surface area contributed by atoms with Crippen molar-refractivity contribution < 1.29 is 9.53 Å². The summed E-state index contributed by atoms with van der Waals surface area (Å²) in [6.45, 7) is 1.29. The maximum absolute atomic E-state index is 12.4. The fourth-order valence-electron chi connectivity index (χ4n) is 2.73. The van der Waals surface area contributed by atoms with Crippen molar-refractivity contribution in [1.29, 1.82) is 0 Å². The SMILES string of the molecule is NCCCN(C(=O)Oc1ccccc1)C1CCCCC1. The first-order valence-electron chi connectivity index (χ1n) is 7.55. The molecule has 1 aromatic carbocycles. The first-order valence-corrected chi connectivity index (χ1v) is 7.55. The number of amides is 1. The first-order chi connectivity index (χ1) is 9.81. The Morgan fingerprint density at radius 3 is 2.55 bits per heavy atom. The van der Waals surface area contributed by atoms with E-state index in [4.69, 9.17) is 10.5 Å². The van der Waals surface area contributed by atoms with Crippen LogP contribution in [0.2, 0.25) is 0 Å². The summed E-state index contributed by atoms with van der Waals surface area (Å²) in [5.41, 5.74) is 5.58. The van der Waals surface area contributed by atoms with Crippen molar-refractivity contribution in [2.75, 3.05) is 13.1 Å². The fraction of sp³-hybridized carbons (Fsp3) is 0.562. The number of nitrogens with two attached hydrogens (primary N) is 1. The lowest BCUT2D eigenvalue weighted by molar-refractivity contribution is 0.117. The number of benzene rings is 1. The molecule has 1 amide bonds. The maximum atomic E-state index is 12.4. The molecule has 20 heavy (non-hydrogen) atoms. The number of carbonyl (C=O) groups excluding carboxylic acids is 1. The molecule has 1 saturated carbocycles. The van der Waals surface area contributed by atoms with Crippen molar-refractivity contribution in [3.63, 3.8) is 0 Å². The third-order valence-electron chi connectivity index (χ3n) is 3.80. The van der Waals surface area contributed by atoms with Gasteiger partial charge in [-0.1, -0.05) is 37.5 Å². The Morgan fingerprint density at radius 2 is 1.90 bits per heavy atom. The zero-order valence-corrected chi connectivity index (χ0v) is 12.0. The fourth-order valence-corrected chi connectivity index (χ4v) is 2.73. The standard InChI is InChI=1S/C16H24N2O2/c17-12-7-13-18(14-8-3-1-4-9-14)16(19)20-15-10-5-2-6-11-15/h2,5-6,10-11,14H,1,3-4,7-9,12-13,17H2. The molecule has 0 unspecified atom stereocenters. The summed E-state index contributed by atoms with van der Waals surface area (Å²) in [6, 6.07) is 9.57. The third kappa shape index (κ3) is 4.23. The summed E-state index contributed by atoms with van der Waals surface area (Å²) in [7, 11) is 0. The summed E-state index contributed by atoms with van der Waals surface area (Å²) in [4.78, 5) is 14.3. The number of hydrogen-bond acceptors (Lipinski definition) is 3. The molecule has 1 aliphatic carbocycles. The van der Waals surface area contributed by atoms with Crippen molar-refractivity contribution in [2.24, 2.45) is 5.73 Å². The van der Waals surface area contributed by atoms with E-state index in [1.807, 2.05) is 23.1 Å². The summed E-state index contributed by atoms with van der Waals surface area (Å²) in [5, 5.41) is 0. The Hall–Kier alpha value is -1.55. The van der Waals surface area contributed by atoms with Gasteiger partial charge in [-0.3, -0.25) is 0 Å². The lowest BCUT2D eigenvalue weighted by Gasteiger charge is -2.33. The molecule has 0 spiro atoms. The number of rotatable bonds is 5. The van der Waals surface area contributed by atoms with Crippen molar-refractivity contribution in [3.05, 3.63) is 30.3 Å². The van der Waals surface area contributed by atoms with Gasteiger partial charge in [-0.15, -0.1) is 0 Å². The number of ether oxygens (including phenoxy) is 1. The second-order valence-electron chi connectivity index (χ2n) is 5.31. The van der Waals surface area contributed by atoms with Gasteiger partial charge in [0.15, 0.2) is 0 Å². The smallest absolute Gasteiger partial charge is 0.410 e. The highest BCUT2D eigenvalue weighted by Crippen LogP contribution is 2.24. The van der Waals surface area contributed by atoms with Gasteiger partial charge in [0.2, 0.25) is 0 Å². The molecule has 110 valence electrons. The lowest BCUT2D eigenvalue weighted by atomic mass is 9.94. The van der Waals surface area contributed by atoms with Gasteiger partial charge >= 0.3 is 6.09 Å². The summed E-state index contributed by atoms with van der Waals surface area (Å²) >= 11 is 0. The van der Waals surface area contributed by atoms with E-state index in [0.29, 0.717) is 24.9 Å². The minimum Gasteiger partial charge on any atom is -0.410 e. The molecule has 1 aliphatic rings. The van der Waals surface area contributed by atoms with Gasteiger partial charge < -0.3 is 15.4 Å². The van der Waals surface area contributed by atoms with Crippen LogP contribution in [0.5, 0.6) is 5.75 Å². The predicted octanol–water partition coefficient (Wildman–Crippen LogP) is 3.17. The highest BCUT2D eigenvalue weighted by atomic mass is 16.6. The van der Waals surface area contributed by atoms with E-state index in [1.165, 1.54) is 19.3 Å². The topological polar surface area (TPSA) is 55.6 Å². The minimum atomic E-state index is -0.239. The average Bonchev–Trinajstić information content (AvgIpc) is 2.50. The van der Waals surface area contributed by atoms with Crippen LogP contribution in [0.25, 0.3) is 0 Å². The first kappa shape index (κ1) is 14.9. The van der Waals surface area contributed by atoms with Crippen molar-refractivity contribution in [2.45, 2.75) is 44.6 Å². The van der Waals surface area contributed by atoms with Crippen LogP contribution in [0.4, 0.5) is 4.79 Å². The molecule has 4 nitrogen and oxygen atoms in total. The zero-order chi connectivity index (χ0) is 14.2. The number of para-hydroxylation sites is 1. The Labute approximate surface area is 120 Å². The molecule has 0 heterocycles. The Morgan fingerprint density at radius 1 is 1.20 bits per heavy atom. The minimum absolute atomic E-state index is 0.239. The average molecular weight is 276 g/mol. The molecule has 1 aromatic rings. The maximum Gasteiger partial charge on any atom is 0.415 e. The molecule has 0 aromatic heterocycles. The second-order valence-corrected chi connectivity index (χ2v) is 5.31. The van der Waals surface area contributed by atoms with E-state index in [0.717, 1.165) is 19.3 Å². The van der Waals surface area contributed by atoms with Crippen LogP contribution in [0.1, 0.15) is 38.5 Å². The highest BCUT2D eigenvalue weighted by molar-refractivity contribution is 5.71. The van der Waals surface area contributed by atoms with Crippen LogP contribution < -0.4 is 10.5 Å². The Bertz CT molecular complexity index is 402. The largest absolute Gasteiger partial charge is 0.415 e. The van der Waals surface area contributed by atoms with Gasteiger partial charge in [-0.25, -0.2) is 4.79 Å². The van der Waals surface area contributed by atoms with Crippen LogP contribution in [-0.4, -0.2) is 30.1 Å². The normalized spacial score (nSPS) is 15.8. The highest BCUT2D eigenvalue weighted by Gasteiger charge is 2.26. The van der Waals surface area contributed by atoms with Crippen LogP contribution in [0.15, 0.2) is 30.3 Å². The van der Waals surface area contributed by atoms with Crippen LogP contribution in [-0.2, 0) is 0 Å². The summed E-state index contributed by atoms with van der Waals surface area (Å²) in [5.74, 6) is 0.603. The molecule has 0 bridgehead atoms. The van der Waals surface area contributed by atoms with Gasteiger partial charge in [0, 0.05) is 12.6 Å². The van der Waals surface area contributed by atoms with Gasteiger partial charge in [0.05, 0.1) is 0 Å². The second kappa shape index (κ2) is 7.90. The Balaban J connectivity index is 1.99. The molecule has 0 aliphatic heterocycles. The number of nitrogens with zero attached hydrogens (tertiary/aromatic N) is 1. The summed E-state index contributed by atoms with van der Waals surface area (Å²) in [6.07, 6.45) is 6.40. The summed E-state index contributed by atoms with van der Waals surface area (Å²) < 4.78 is 5.47. The van der Waals surface area contributed by atoms with Gasteiger partial charge in [-0.2, -0.15) is 0 Å². The molecule has 2 N–H and O–H groups in total. The van der Waals surface area contributed by atoms with E-state index >= 15 is 0 Å². The molecular formula is C16H24N2O2. The monoisotopic (exact) mass is 276 g/mol. The van der Waals surface area contributed by atoms with E-state index in [-0.39, 0.29) is 6.09 Å². The zero-order valence-electron chi connectivity index (χ0n) is 12.0. The van der Waals surface area contributed by atoms with E-state index in [2.05, 4.69) is 0 Å². The van der Waals surface area contributed by atoms with Gasteiger partial charge in [0.25, 0.3) is 0 Å². The third-order valence-corrected chi connectivity index (χ3v) is 3.80. The van der Waals surface area contributed by atoms with Gasteiger partial charge in [0.1, 0.15) is 5.75 Å². The van der Waals surface area contributed by atoms with E-state index in [1.54, 1.807) is 12.1 Å². The van der Waals surface area contributed by atoms with Crippen LogP contribution in [0, 0.1) is 0 Å².